The van der Waals surface area contributed by atoms with E-state index in [1.54, 1.807) is 6.92 Å². The van der Waals surface area contributed by atoms with E-state index < -0.39 is 5.97 Å². The van der Waals surface area contributed by atoms with Crippen molar-refractivity contribution in [2.75, 3.05) is 0 Å². The normalized spacial score (nSPS) is 17.8. The SMILES string of the molecule is CCC(=O)OC(=O)C1CCCC1. The van der Waals surface area contributed by atoms with E-state index in [2.05, 4.69) is 4.74 Å². The molecule has 0 spiro atoms. The molecule has 0 aromatic heterocycles. The van der Waals surface area contributed by atoms with Crippen LogP contribution in [0.5, 0.6) is 0 Å². The zero-order valence-corrected chi connectivity index (χ0v) is 7.34. The molecule has 0 saturated heterocycles. The van der Waals surface area contributed by atoms with Gasteiger partial charge in [-0.15, -0.1) is 0 Å². The van der Waals surface area contributed by atoms with Gasteiger partial charge in [-0.3, -0.25) is 9.59 Å². The molecule has 68 valence electrons. The highest BCUT2D eigenvalue weighted by Crippen LogP contribution is 2.25. The maximum Gasteiger partial charge on any atom is 0.316 e. The summed E-state index contributed by atoms with van der Waals surface area (Å²) in [6, 6.07) is 0. The highest BCUT2D eigenvalue weighted by Gasteiger charge is 2.25. The van der Waals surface area contributed by atoms with E-state index in [9.17, 15) is 9.59 Å². The van der Waals surface area contributed by atoms with E-state index in [0.29, 0.717) is 0 Å². The van der Waals surface area contributed by atoms with Gasteiger partial charge in [-0.2, -0.15) is 0 Å². The summed E-state index contributed by atoms with van der Waals surface area (Å²) in [5.74, 6) is -0.744. The van der Waals surface area contributed by atoms with Crippen LogP contribution in [-0.2, 0) is 14.3 Å². The predicted molar refractivity (Wildman–Crippen MR) is 43.3 cm³/mol. The molecule has 3 nitrogen and oxygen atoms in total. The molecule has 1 aliphatic rings. The fraction of sp³-hybridized carbons (Fsp3) is 0.778. The first-order chi connectivity index (χ1) is 5.74. The van der Waals surface area contributed by atoms with Crippen LogP contribution in [0.15, 0.2) is 0 Å². The molecule has 0 aliphatic heterocycles. The minimum Gasteiger partial charge on any atom is -0.393 e. The molecular formula is C9H14O3. The molecule has 1 rings (SSSR count). The molecule has 0 atom stereocenters. The van der Waals surface area contributed by atoms with E-state index in [1.165, 1.54) is 0 Å². The molecule has 0 amide bonds. The Bertz CT molecular complexity index is 180. The summed E-state index contributed by atoms with van der Waals surface area (Å²) in [5, 5.41) is 0. The van der Waals surface area contributed by atoms with Gasteiger partial charge in [-0.1, -0.05) is 19.8 Å². The van der Waals surface area contributed by atoms with E-state index >= 15 is 0 Å². The topological polar surface area (TPSA) is 43.4 Å². The lowest BCUT2D eigenvalue weighted by Crippen LogP contribution is -2.18. The van der Waals surface area contributed by atoms with Gasteiger partial charge in [0.15, 0.2) is 0 Å². The van der Waals surface area contributed by atoms with Crippen LogP contribution in [-0.4, -0.2) is 11.9 Å². The van der Waals surface area contributed by atoms with Crippen LogP contribution in [0, 0.1) is 5.92 Å². The standard InChI is InChI=1S/C9H14O3/c1-2-8(10)12-9(11)7-5-3-4-6-7/h7H,2-6H2,1H3. The van der Waals surface area contributed by atoms with Gasteiger partial charge in [0.25, 0.3) is 0 Å². The summed E-state index contributed by atoms with van der Waals surface area (Å²) in [4.78, 5) is 21.9. The van der Waals surface area contributed by atoms with Gasteiger partial charge in [0.2, 0.25) is 0 Å². The van der Waals surface area contributed by atoms with Crippen molar-refractivity contribution in [3.05, 3.63) is 0 Å². The molecule has 12 heavy (non-hydrogen) atoms. The second-order valence-corrected chi connectivity index (χ2v) is 3.13. The number of hydrogen-bond donors (Lipinski definition) is 0. The Morgan fingerprint density at radius 2 is 1.92 bits per heavy atom. The van der Waals surface area contributed by atoms with E-state index in [-0.39, 0.29) is 18.3 Å². The molecule has 0 unspecified atom stereocenters. The van der Waals surface area contributed by atoms with Crippen molar-refractivity contribution < 1.29 is 14.3 Å². The molecule has 0 heterocycles. The summed E-state index contributed by atoms with van der Waals surface area (Å²) < 4.78 is 4.61. The van der Waals surface area contributed by atoms with Crippen LogP contribution in [0.25, 0.3) is 0 Å². The Morgan fingerprint density at radius 1 is 1.33 bits per heavy atom. The largest absolute Gasteiger partial charge is 0.393 e. The van der Waals surface area contributed by atoms with Gasteiger partial charge in [-0.25, -0.2) is 0 Å². The quantitative estimate of drug-likeness (QED) is 0.467. The second kappa shape index (κ2) is 4.24. The summed E-state index contributed by atoms with van der Waals surface area (Å²) >= 11 is 0. The predicted octanol–water partition coefficient (Wildman–Crippen LogP) is 1.66. The average molecular weight is 170 g/mol. The Hall–Kier alpha value is -0.860. The fourth-order valence-electron chi connectivity index (χ4n) is 1.43. The fourth-order valence-corrected chi connectivity index (χ4v) is 1.43. The van der Waals surface area contributed by atoms with Gasteiger partial charge in [-0.05, 0) is 12.8 Å². The van der Waals surface area contributed by atoms with Crippen LogP contribution >= 0.6 is 0 Å². The molecule has 0 aromatic carbocycles. The van der Waals surface area contributed by atoms with Gasteiger partial charge in [0, 0.05) is 6.42 Å². The first-order valence-electron chi connectivity index (χ1n) is 4.48. The third-order valence-electron chi connectivity index (χ3n) is 2.19. The summed E-state index contributed by atoms with van der Waals surface area (Å²) in [7, 11) is 0. The number of carbonyl (C=O) groups excluding carboxylic acids is 2. The summed E-state index contributed by atoms with van der Waals surface area (Å²) in [5.41, 5.74) is 0. The molecule has 1 aliphatic carbocycles. The van der Waals surface area contributed by atoms with Crippen LogP contribution in [0.4, 0.5) is 0 Å². The number of rotatable bonds is 2. The lowest BCUT2D eigenvalue weighted by atomic mass is 10.1. The zero-order chi connectivity index (χ0) is 8.97. The highest BCUT2D eigenvalue weighted by atomic mass is 16.6. The monoisotopic (exact) mass is 170 g/mol. The Morgan fingerprint density at radius 3 is 2.42 bits per heavy atom. The first-order valence-corrected chi connectivity index (χ1v) is 4.48. The van der Waals surface area contributed by atoms with E-state index in [0.717, 1.165) is 25.7 Å². The van der Waals surface area contributed by atoms with Crippen molar-refractivity contribution in [1.29, 1.82) is 0 Å². The van der Waals surface area contributed by atoms with Crippen molar-refractivity contribution in [3.8, 4) is 0 Å². The average Bonchev–Trinajstić information content (AvgIpc) is 2.56. The number of ether oxygens (including phenoxy) is 1. The number of hydrogen-bond acceptors (Lipinski definition) is 3. The minimum absolute atomic E-state index is 0.0134. The molecule has 0 bridgehead atoms. The third kappa shape index (κ3) is 2.32. The molecule has 0 N–H and O–H groups in total. The molecule has 3 heteroatoms. The van der Waals surface area contributed by atoms with Crippen LogP contribution in [0.2, 0.25) is 0 Å². The lowest BCUT2D eigenvalue weighted by molar-refractivity contribution is -0.162. The molecular weight excluding hydrogens is 156 g/mol. The summed E-state index contributed by atoms with van der Waals surface area (Å²) in [6.07, 6.45) is 4.21. The second-order valence-electron chi connectivity index (χ2n) is 3.13. The van der Waals surface area contributed by atoms with Crippen LogP contribution in [0.3, 0.4) is 0 Å². The zero-order valence-electron chi connectivity index (χ0n) is 7.34. The van der Waals surface area contributed by atoms with E-state index in [1.807, 2.05) is 0 Å². The summed E-state index contributed by atoms with van der Waals surface area (Å²) in [6.45, 7) is 1.68. The van der Waals surface area contributed by atoms with Crippen molar-refractivity contribution in [3.63, 3.8) is 0 Å². The van der Waals surface area contributed by atoms with Gasteiger partial charge in [0.1, 0.15) is 0 Å². The van der Waals surface area contributed by atoms with Crippen molar-refractivity contribution in [1.82, 2.24) is 0 Å². The van der Waals surface area contributed by atoms with Gasteiger partial charge in [0.05, 0.1) is 5.92 Å². The molecule has 1 fully saturated rings. The van der Waals surface area contributed by atoms with Crippen molar-refractivity contribution >= 4 is 11.9 Å². The maximum atomic E-state index is 11.2. The third-order valence-corrected chi connectivity index (χ3v) is 2.19. The molecule has 0 radical (unpaired) electrons. The number of carbonyl (C=O) groups is 2. The Kier molecular flexibility index (Phi) is 3.26. The Balaban J connectivity index is 2.32. The van der Waals surface area contributed by atoms with E-state index in [4.69, 9.17) is 0 Å². The van der Waals surface area contributed by atoms with Crippen LogP contribution < -0.4 is 0 Å². The first kappa shape index (κ1) is 9.23. The van der Waals surface area contributed by atoms with Gasteiger partial charge < -0.3 is 4.74 Å². The lowest BCUT2D eigenvalue weighted by Gasteiger charge is -2.06. The smallest absolute Gasteiger partial charge is 0.316 e. The molecule has 1 saturated carbocycles. The maximum absolute atomic E-state index is 11.2. The number of esters is 2. The van der Waals surface area contributed by atoms with Crippen molar-refractivity contribution in [2.45, 2.75) is 39.0 Å². The highest BCUT2D eigenvalue weighted by molar-refractivity contribution is 5.86. The Labute approximate surface area is 72.1 Å². The minimum atomic E-state index is -0.410. The van der Waals surface area contributed by atoms with Crippen molar-refractivity contribution in [2.24, 2.45) is 5.92 Å². The van der Waals surface area contributed by atoms with Gasteiger partial charge >= 0.3 is 11.9 Å². The van der Waals surface area contributed by atoms with Crippen LogP contribution in [0.1, 0.15) is 39.0 Å². The molecule has 0 aromatic rings.